The molecule has 15 heteroatoms. The van der Waals surface area contributed by atoms with Crippen molar-refractivity contribution in [1.82, 2.24) is 0 Å². The molecule has 12 aliphatic carbocycles. The predicted octanol–water partition coefficient (Wildman–Crippen LogP) is 26.6. The van der Waals surface area contributed by atoms with Crippen LogP contribution in [0.5, 0.6) is 28.7 Å². The first-order chi connectivity index (χ1) is 63.7. The van der Waals surface area contributed by atoms with E-state index in [-0.39, 0.29) is 52.5 Å². The van der Waals surface area contributed by atoms with Crippen molar-refractivity contribution in [1.29, 1.82) is 0 Å². The molecule has 10 nitrogen and oxygen atoms in total. The zero-order valence-corrected chi connectivity index (χ0v) is 80.6. The maximum absolute atomic E-state index is 13.5. The minimum absolute atomic E-state index is 0.00779. The van der Waals surface area contributed by atoms with Crippen LogP contribution in [-0.4, -0.2) is 87.4 Å². The second-order valence-electron chi connectivity index (χ2n) is 41.9. The van der Waals surface area contributed by atoms with Crippen LogP contribution in [0.25, 0.3) is 53.9 Å². The molecule has 17 fully saturated rings. The van der Waals surface area contributed by atoms with Crippen LogP contribution in [0.15, 0.2) is 219 Å². The molecule has 0 aromatic heterocycles. The zero-order valence-electron chi connectivity index (χ0n) is 76.5. The van der Waals surface area contributed by atoms with Crippen LogP contribution in [0, 0.1) is 81.8 Å². The van der Waals surface area contributed by atoms with Crippen molar-refractivity contribution in [2.24, 2.45) is 81.8 Å². The number of carbonyl (C=O) groups excluding carboxylic acids is 5. The molecule has 10 aromatic rings. The molecular weight excluding hydrogens is 1700 g/mol. The summed E-state index contributed by atoms with van der Waals surface area (Å²) in [7, 11) is 1.76. The van der Waals surface area contributed by atoms with Crippen LogP contribution in [-0.2, 0) is 78.4 Å². The second-order valence-corrected chi connectivity index (χ2v) is 53.1. The summed E-state index contributed by atoms with van der Waals surface area (Å²) >= 11 is 0. The highest BCUT2D eigenvalue weighted by Crippen LogP contribution is 2.63. The van der Waals surface area contributed by atoms with E-state index in [1.807, 2.05) is 24.3 Å². The monoisotopic (exact) mass is 1830 g/mol. The Labute approximate surface area is 785 Å². The highest BCUT2D eigenvalue weighted by atomic mass is 32.2. The zero-order chi connectivity index (χ0) is 88.0. The summed E-state index contributed by atoms with van der Waals surface area (Å²) in [4.78, 5) is 71.6. The smallest absolute Gasteiger partial charge is 0.338 e. The third-order valence-corrected chi connectivity index (χ3v) is 45.8. The van der Waals surface area contributed by atoms with Gasteiger partial charge in [0, 0.05) is 114 Å². The van der Waals surface area contributed by atoms with Gasteiger partial charge in [0.2, 0.25) is 0 Å². The highest BCUT2D eigenvalue weighted by molar-refractivity contribution is 7.98. The molecule has 678 valence electrons. The van der Waals surface area contributed by atoms with Crippen molar-refractivity contribution in [3.8, 4) is 28.7 Å². The van der Waals surface area contributed by atoms with E-state index in [0.29, 0.717) is 77.6 Å². The Bertz CT molecular complexity index is 5790. The maximum Gasteiger partial charge on any atom is 0.338 e. The van der Waals surface area contributed by atoms with Crippen molar-refractivity contribution < 1.29 is 47.7 Å². The predicted molar refractivity (Wildman–Crippen MR) is 539 cm³/mol. The maximum atomic E-state index is 13.5. The standard InChI is InChI=1S/C26H31O2S.C25H29O2S.C23H27O2S.C22H25O2S.C19H21O2S/c27-25(26-15-18-12-19(16-26)14-20(13-18)17-26)28-23-8-9-24(29-10-4-1-5-11-29)22-7-3-2-6-21(22)23;26-24(25-14-17-11-18(15-25)13-19(12-17)16-25)27-22-7-8-23(28-9-3-4-10-28)21-6-2-1-5-20(21)22;24-23(20-15-16-8-9-17(20)14-16)25-21-10-11-22(26-12-4-1-5-13-26)19-7-3-2-6-18(19)21;23-22(19-14-15-7-8-16(19)13-15)24-20-9-10-21(25-11-3-4-12-25)18-6-2-1-5-17(18)20;1-14(2)19(20)21-17-10-11-18(22-12-6-3-7-13-22)16-9-5-4-8-15(16)17/h2-3,6-9,18-20H,1,4-5,10-17H2;1-2,5-8,17-19H,3-4,9-16H2;2-3,6-7,10-11,16-17,20H,1,4-5,8-9,12-15H2;1-2,5-6,9-10,15-16,19H,3-4,7-8,11-14H2;4-5,8-11H,1,3,6-7,12-13H2,2H3/q5*+1. The van der Waals surface area contributed by atoms with Gasteiger partial charge in [0.05, 0.1) is 22.7 Å². The minimum Gasteiger partial charge on any atom is -0.426 e. The Kier molecular flexibility index (Phi) is 26.9. The van der Waals surface area contributed by atoms with Crippen LogP contribution in [0.3, 0.4) is 0 Å². The van der Waals surface area contributed by atoms with E-state index in [1.54, 1.807) is 6.92 Å². The van der Waals surface area contributed by atoms with Gasteiger partial charge >= 0.3 is 29.8 Å². The Morgan fingerprint density at radius 3 is 0.723 bits per heavy atom. The van der Waals surface area contributed by atoms with Gasteiger partial charge in [-0.3, -0.25) is 19.2 Å². The van der Waals surface area contributed by atoms with Gasteiger partial charge in [0.15, 0.2) is 24.5 Å². The van der Waals surface area contributed by atoms with Crippen LogP contribution in [0.2, 0.25) is 0 Å². The molecule has 5 heterocycles. The number of hydrogen-bond donors (Lipinski definition) is 0. The fraction of sp³-hybridized carbons (Fsp3) is 0.504. The van der Waals surface area contributed by atoms with Gasteiger partial charge in [-0.1, -0.05) is 110 Å². The average Bonchev–Trinajstić information content (AvgIpc) is 1.02. The van der Waals surface area contributed by atoms with Gasteiger partial charge in [-0.2, -0.15) is 0 Å². The quantitative estimate of drug-likeness (QED) is 0.0423. The fourth-order valence-corrected chi connectivity index (χ4v) is 40.1. The SMILES string of the molecule is C=C(C)C(=O)Oc1ccc([S+]2CCCCC2)c2ccccc12.O=C(Oc1ccc([S+]2CCCC2)c2ccccc12)C12CC3CC(CC(C3)C1)C2.O=C(Oc1ccc([S+]2CCCC2)c2ccccc12)C1CC2CCC1C2.O=C(Oc1ccc([S+]2CCCCC2)c2ccccc12)C12CC3CC(CC(C3)C1)C2.O=C(Oc1ccc([S+]2CCCCC2)c2ccccc12)C1CC2CCC1C2. The molecule has 10 aromatic carbocycles. The first-order valence-electron chi connectivity index (χ1n) is 50.4. The van der Waals surface area contributed by atoms with Crippen LogP contribution in [0.1, 0.15) is 219 Å². The van der Waals surface area contributed by atoms with Gasteiger partial charge in [-0.25, -0.2) is 4.79 Å². The average molecular weight is 1840 g/mol. The number of ether oxygens (including phenoxy) is 5. The van der Waals surface area contributed by atoms with Crippen LogP contribution < -0.4 is 23.7 Å². The normalized spacial score (nSPS) is 28.8. The fourth-order valence-electron chi connectivity index (χ4n) is 27.6. The lowest BCUT2D eigenvalue weighted by Gasteiger charge is -2.55. The van der Waals surface area contributed by atoms with E-state index in [2.05, 4.69) is 164 Å². The number of esters is 5. The van der Waals surface area contributed by atoms with Crippen molar-refractivity contribution in [3.05, 3.63) is 194 Å². The Morgan fingerprint density at radius 1 is 0.262 bits per heavy atom. The minimum atomic E-state index is -0.363. The van der Waals surface area contributed by atoms with Gasteiger partial charge in [-0.15, -0.1) is 0 Å². The summed E-state index contributed by atoms with van der Waals surface area (Å²) in [5.41, 5.74) is 0.0313. The van der Waals surface area contributed by atoms with E-state index < -0.39 is 0 Å². The van der Waals surface area contributed by atoms with E-state index in [9.17, 15) is 24.0 Å². The van der Waals surface area contributed by atoms with Crippen molar-refractivity contribution in [3.63, 3.8) is 0 Å². The molecule has 6 unspecified atom stereocenters. The molecule has 5 aliphatic heterocycles. The molecule has 0 N–H and O–H groups in total. The molecule has 0 spiro atoms. The van der Waals surface area contributed by atoms with E-state index in [4.69, 9.17) is 23.7 Å². The molecule has 12 bridgehead atoms. The van der Waals surface area contributed by atoms with Crippen LogP contribution in [0.4, 0.5) is 0 Å². The van der Waals surface area contributed by atoms with E-state index in [1.165, 1.54) is 269 Å². The summed E-state index contributed by atoms with van der Waals surface area (Å²) in [5, 5.41) is 11.9. The van der Waals surface area contributed by atoms with E-state index >= 15 is 0 Å². The largest absolute Gasteiger partial charge is 0.426 e. The van der Waals surface area contributed by atoms with Crippen molar-refractivity contribution in [2.45, 2.75) is 243 Å². The van der Waals surface area contributed by atoms with E-state index in [0.717, 1.165) is 149 Å². The number of hydrogen-bond acceptors (Lipinski definition) is 10. The number of rotatable bonds is 15. The summed E-state index contributed by atoms with van der Waals surface area (Å²) in [6.45, 7) is 5.32. The number of carbonyl (C=O) groups is 5. The number of benzene rings is 10. The molecular formula is C115H133O10S5+5. The third kappa shape index (κ3) is 18.7. The van der Waals surface area contributed by atoms with Crippen molar-refractivity contribution in [2.75, 3.05) is 57.5 Å². The first kappa shape index (κ1) is 88.9. The Balaban J connectivity index is 0.0000000987. The van der Waals surface area contributed by atoms with Gasteiger partial charge in [0.1, 0.15) is 86.3 Å². The lowest BCUT2D eigenvalue weighted by molar-refractivity contribution is -0.162. The summed E-state index contributed by atoms with van der Waals surface area (Å²) < 4.78 is 29.8. The van der Waals surface area contributed by atoms with Gasteiger partial charge in [-0.05, 0) is 356 Å². The van der Waals surface area contributed by atoms with Crippen molar-refractivity contribution >= 4 is 138 Å². The van der Waals surface area contributed by atoms with Crippen LogP contribution >= 0.6 is 0 Å². The molecule has 130 heavy (non-hydrogen) atoms. The molecule has 12 saturated carbocycles. The Morgan fingerprint density at radius 2 is 0.492 bits per heavy atom. The molecule has 17 aliphatic rings. The topological polar surface area (TPSA) is 132 Å². The van der Waals surface area contributed by atoms with Gasteiger partial charge in [0.25, 0.3) is 0 Å². The highest BCUT2D eigenvalue weighted by Gasteiger charge is 2.58. The molecule has 27 rings (SSSR count). The lowest BCUT2D eigenvalue weighted by Crippen LogP contribution is -2.51. The molecule has 0 radical (unpaired) electrons. The molecule has 6 atom stereocenters. The van der Waals surface area contributed by atoms with Gasteiger partial charge < -0.3 is 23.7 Å². The Hall–Kier alpha value is -7.66. The molecule has 0 amide bonds. The third-order valence-electron chi connectivity index (χ3n) is 33.1. The first-order valence-corrected chi connectivity index (χ1v) is 58.2. The molecule has 5 saturated heterocycles. The number of fused-ring (bicyclic) bond motifs is 9. The summed E-state index contributed by atoms with van der Waals surface area (Å²) in [6, 6.07) is 63.7. The summed E-state index contributed by atoms with van der Waals surface area (Å²) in [6.07, 6.45) is 41.7. The summed E-state index contributed by atoms with van der Waals surface area (Å²) in [5.74, 6) is 24.1. The lowest BCUT2D eigenvalue weighted by atomic mass is 9.49. The second kappa shape index (κ2) is 39.3.